The van der Waals surface area contributed by atoms with Gasteiger partial charge in [-0.3, -0.25) is 4.79 Å². The summed E-state index contributed by atoms with van der Waals surface area (Å²) in [6, 6.07) is 5.83. The molecule has 1 N–H and O–H groups in total. The number of aryl methyl sites for hydroxylation is 1. The Labute approximate surface area is 136 Å². The molecule has 1 saturated heterocycles. The molecule has 0 saturated carbocycles. The van der Waals surface area contributed by atoms with Gasteiger partial charge in [-0.25, -0.2) is 0 Å². The van der Waals surface area contributed by atoms with E-state index in [2.05, 4.69) is 22.1 Å². The Morgan fingerprint density at radius 1 is 1.35 bits per heavy atom. The number of nitrogens with one attached hydrogen (secondary N) is 1. The molecule has 1 aliphatic heterocycles. The van der Waals surface area contributed by atoms with Gasteiger partial charge in [-0.05, 0) is 37.5 Å². The molecule has 1 fully saturated rings. The molecule has 2 aromatic rings. The van der Waals surface area contributed by atoms with Gasteiger partial charge in [-0.2, -0.15) is 5.10 Å². The third-order valence-electron chi connectivity index (χ3n) is 4.40. The van der Waals surface area contributed by atoms with E-state index in [0.29, 0.717) is 0 Å². The molecule has 1 atom stereocenters. The van der Waals surface area contributed by atoms with Crippen LogP contribution in [0.25, 0.3) is 0 Å². The largest absolute Gasteiger partial charge is 0.364 e. The lowest BCUT2D eigenvalue weighted by Crippen LogP contribution is -2.31. The lowest BCUT2D eigenvalue weighted by atomic mass is 10.1. The van der Waals surface area contributed by atoms with Crippen molar-refractivity contribution in [1.82, 2.24) is 20.1 Å². The van der Waals surface area contributed by atoms with Crippen LogP contribution in [0.4, 0.5) is 5.82 Å². The highest BCUT2D eigenvalue weighted by atomic mass is 16.2. The Hall–Kier alpha value is -2.37. The molecular formula is C17H23N5O. The summed E-state index contributed by atoms with van der Waals surface area (Å²) in [7, 11) is 3.88. The smallest absolute Gasteiger partial charge is 0.256 e. The van der Waals surface area contributed by atoms with Gasteiger partial charge in [0.15, 0.2) is 5.82 Å². The van der Waals surface area contributed by atoms with Gasteiger partial charge in [0.05, 0.1) is 17.3 Å². The molecule has 6 nitrogen and oxygen atoms in total. The summed E-state index contributed by atoms with van der Waals surface area (Å²) in [4.78, 5) is 19.9. The molecular weight excluding hydrogens is 290 g/mol. The van der Waals surface area contributed by atoms with E-state index in [1.54, 1.807) is 0 Å². The monoisotopic (exact) mass is 313 g/mol. The van der Waals surface area contributed by atoms with Crippen molar-refractivity contribution in [3.05, 3.63) is 41.3 Å². The number of anilines is 1. The van der Waals surface area contributed by atoms with E-state index in [-0.39, 0.29) is 11.9 Å². The molecule has 23 heavy (non-hydrogen) atoms. The van der Waals surface area contributed by atoms with E-state index in [1.807, 2.05) is 48.3 Å². The van der Waals surface area contributed by atoms with Crippen LogP contribution < -0.4 is 4.90 Å². The first-order chi connectivity index (χ1) is 11.1. The Kier molecular flexibility index (Phi) is 4.32. The van der Waals surface area contributed by atoms with Gasteiger partial charge >= 0.3 is 0 Å². The molecule has 6 heteroatoms. The molecule has 0 spiro atoms. The van der Waals surface area contributed by atoms with Gasteiger partial charge in [-0.15, -0.1) is 5.10 Å². The predicted molar refractivity (Wildman–Crippen MR) is 89.5 cm³/mol. The molecule has 0 aliphatic carbocycles. The fourth-order valence-electron chi connectivity index (χ4n) is 3.12. The van der Waals surface area contributed by atoms with Gasteiger partial charge in [0.2, 0.25) is 0 Å². The SMILES string of the molecule is CCc1[nH]ccc1C(=O)N1CCCC1c1ccc(N(C)C)nn1. The van der Waals surface area contributed by atoms with Crippen LogP contribution in [0.5, 0.6) is 0 Å². The Morgan fingerprint density at radius 2 is 2.17 bits per heavy atom. The minimum absolute atomic E-state index is 0.0193. The molecule has 1 aliphatic rings. The Bertz CT molecular complexity index is 677. The number of hydrogen-bond donors (Lipinski definition) is 1. The third-order valence-corrected chi connectivity index (χ3v) is 4.40. The molecule has 0 radical (unpaired) electrons. The molecule has 3 rings (SSSR count). The molecule has 122 valence electrons. The first-order valence-corrected chi connectivity index (χ1v) is 8.10. The molecule has 1 unspecified atom stereocenters. The number of amides is 1. The van der Waals surface area contributed by atoms with Crippen LogP contribution in [0.3, 0.4) is 0 Å². The number of H-pyrrole nitrogens is 1. The van der Waals surface area contributed by atoms with Gasteiger partial charge in [0, 0.05) is 32.5 Å². The fourth-order valence-corrected chi connectivity index (χ4v) is 3.12. The molecule has 3 heterocycles. The van der Waals surface area contributed by atoms with E-state index < -0.39 is 0 Å². The number of nitrogens with zero attached hydrogens (tertiary/aromatic N) is 4. The predicted octanol–water partition coefficient (Wildman–Crippen LogP) is 2.41. The van der Waals surface area contributed by atoms with Crippen molar-refractivity contribution in [1.29, 1.82) is 0 Å². The van der Waals surface area contributed by atoms with Crippen LogP contribution in [-0.2, 0) is 6.42 Å². The number of hydrogen-bond acceptors (Lipinski definition) is 4. The second-order valence-corrected chi connectivity index (χ2v) is 6.09. The minimum Gasteiger partial charge on any atom is -0.364 e. The van der Waals surface area contributed by atoms with E-state index in [1.165, 1.54) is 0 Å². The van der Waals surface area contributed by atoms with Crippen molar-refractivity contribution in [3.8, 4) is 0 Å². The van der Waals surface area contributed by atoms with Crippen molar-refractivity contribution in [2.75, 3.05) is 25.5 Å². The third kappa shape index (κ3) is 2.93. The number of aromatic nitrogens is 3. The van der Waals surface area contributed by atoms with Crippen molar-refractivity contribution in [2.24, 2.45) is 0 Å². The first-order valence-electron chi connectivity index (χ1n) is 8.10. The normalized spacial score (nSPS) is 17.5. The number of rotatable bonds is 4. The number of aromatic amines is 1. The summed E-state index contributed by atoms with van der Waals surface area (Å²) < 4.78 is 0. The van der Waals surface area contributed by atoms with Gasteiger partial charge in [-0.1, -0.05) is 6.92 Å². The van der Waals surface area contributed by atoms with E-state index in [0.717, 1.165) is 48.6 Å². The Morgan fingerprint density at radius 3 is 2.83 bits per heavy atom. The van der Waals surface area contributed by atoms with E-state index in [9.17, 15) is 4.79 Å². The van der Waals surface area contributed by atoms with E-state index in [4.69, 9.17) is 0 Å². The maximum Gasteiger partial charge on any atom is 0.256 e. The minimum atomic E-state index is 0.0193. The Balaban J connectivity index is 1.84. The van der Waals surface area contributed by atoms with Gasteiger partial charge in [0.25, 0.3) is 5.91 Å². The lowest BCUT2D eigenvalue weighted by Gasteiger charge is -2.24. The molecule has 0 aromatic carbocycles. The summed E-state index contributed by atoms with van der Waals surface area (Å²) in [5.41, 5.74) is 2.64. The lowest BCUT2D eigenvalue weighted by molar-refractivity contribution is 0.0731. The highest BCUT2D eigenvalue weighted by Gasteiger charge is 2.32. The maximum atomic E-state index is 12.9. The highest BCUT2D eigenvalue weighted by Crippen LogP contribution is 2.32. The van der Waals surface area contributed by atoms with Crippen LogP contribution in [-0.4, -0.2) is 46.6 Å². The summed E-state index contributed by atoms with van der Waals surface area (Å²) in [5, 5.41) is 8.59. The molecule has 2 aromatic heterocycles. The van der Waals surface area contributed by atoms with Crippen LogP contribution in [0.2, 0.25) is 0 Å². The average molecular weight is 313 g/mol. The maximum absolute atomic E-state index is 12.9. The number of carbonyl (C=O) groups excluding carboxylic acids is 1. The van der Waals surface area contributed by atoms with Crippen molar-refractivity contribution in [3.63, 3.8) is 0 Å². The zero-order valence-electron chi connectivity index (χ0n) is 13.9. The highest BCUT2D eigenvalue weighted by molar-refractivity contribution is 5.95. The van der Waals surface area contributed by atoms with E-state index >= 15 is 0 Å². The van der Waals surface area contributed by atoms with Gasteiger partial charge in [0.1, 0.15) is 0 Å². The van der Waals surface area contributed by atoms with Crippen molar-refractivity contribution >= 4 is 11.7 Å². The second kappa shape index (κ2) is 6.40. The fraction of sp³-hybridized carbons (Fsp3) is 0.471. The summed E-state index contributed by atoms with van der Waals surface area (Å²) >= 11 is 0. The van der Waals surface area contributed by atoms with Crippen molar-refractivity contribution in [2.45, 2.75) is 32.2 Å². The van der Waals surface area contributed by atoms with Crippen LogP contribution in [0.15, 0.2) is 24.4 Å². The quantitative estimate of drug-likeness (QED) is 0.941. The zero-order valence-corrected chi connectivity index (χ0v) is 13.9. The average Bonchev–Trinajstić information content (AvgIpc) is 3.23. The summed E-state index contributed by atoms with van der Waals surface area (Å²) in [5.74, 6) is 0.910. The summed E-state index contributed by atoms with van der Waals surface area (Å²) in [6.45, 7) is 2.82. The first kappa shape index (κ1) is 15.5. The molecule has 1 amide bonds. The van der Waals surface area contributed by atoms with Crippen LogP contribution >= 0.6 is 0 Å². The molecule has 0 bridgehead atoms. The topological polar surface area (TPSA) is 65.1 Å². The zero-order chi connectivity index (χ0) is 16.4. The van der Waals surface area contributed by atoms with Gasteiger partial charge < -0.3 is 14.8 Å². The van der Waals surface area contributed by atoms with Crippen molar-refractivity contribution < 1.29 is 4.79 Å². The van der Waals surface area contributed by atoms with Crippen LogP contribution in [0.1, 0.15) is 47.6 Å². The van der Waals surface area contributed by atoms with Crippen LogP contribution in [0, 0.1) is 0 Å². The standard InChI is InChI=1S/C17H23N5O/c1-4-13-12(9-10-18-13)17(23)22-11-5-6-15(22)14-7-8-16(20-19-14)21(2)3/h7-10,15,18H,4-6,11H2,1-3H3. The number of likely N-dealkylation sites (tertiary alicyclic amines) is 1. The number of carbonyl (C=O) groups is 1. The second-order valence-electron chi connectivity index (χ2n) is 6.09. The summed E-state index contributed by atoms with van der Waals surface area (Å²) in [6.07, 6.45) is 4.60.